The van der Waals surface area contributed by atoms with Crippen LogP contribution in [0.1, 0.15) is 21.5 Å². The summed E-state index contributed by atoms with van der Waals surface area (Å²) in [5.74, 6) is 0.974. The van der Waals surface area contributed by atoms with Crippen LogP contribution >= 0.6 is 11.6 Å². The van der Waals surface area contributed by atoms with Crippen molar-refractivity contribution in [2.24, 2.45) is 0 Å². The van der Waals surface area contributed by atoms with Crippen LogP contribution in [-0.4, -0.2) is 46.5 Å². The van der Waals surface area contributed by atoms with Gasteiger partial charge in [-0.2, -0.15) is 0 Å². The number of hydrogen-bond donors (Lipinski definition) is 0. The fourth-order valence-corrected chi connectivity index (χ4v) is 3.71. The minimum atomic E-state index is 0.0981. The maximum Gasteiger partial charge on any atom is 0.253 e. The van der Waals surface area contributed by atoms with Crippen molar-refractivity contribution >= 4 is 23.5 Å². The van der Waals surface area contributed by atoms with Crippen LogP contribution in [0.5, 0.6) is 0 Å². The van der Waals surface area contributed by atoms with E-state index in [1.807, 2.05) is 65.1 Å². The van der Waals surface area contributed by atoms with E-state index < -0.39 is 0 Å². The van der Waals surface area contributed by atoms with Crippen molar-refractivity contribution in [2.75, 3.05) is 31.1 Å². The molecule has 0 unspecified atom stereocenters. The highest BCUT2D eigenvalue weighted by atomic mass is 35.5. The minimum Gasteiger partial charge on any atom is -0.338 e. The average Bonchev–Trinajstić information content (AvgIpc) is 3.19. The van der Waals surface area contributed by atoms with Crippen molar-refractivity contribution < 1.29 is 4.79 Å². The first-order chi connectivity index (χ1) is 13.5. The Labute approximate surface area is 170 Å². The number of carbonyl (C=O) groups is 1. The number of carbonyl (C=O) groups excluding carboxylic acids is 1. The molecule has 6 heteroatoms. The van der Waals surface area contributed by atoms with E-state index in [1.165, 1.54) is 5.56 Å². The van der Waals surface area contributed by atoms with Gasteiger partial charge in [0, 0.05) is 54.8 Å². The minimum absolute atomic E-state index is 0.0981. The fraction of sp³-hybridized carbons (Fsp3) is 0.273. The lowest BCUT2D eigenvalue weighted by atomic mass is 10.1. The molecule has 5 nitrogen and oxygen atoms in total. The first kappa shape index (κ1) is 18.6. The lowest BCUT2D eigenvalue weighted by molar-refractivity contribution is 0.0746. The number of aryl methyl sites for hydroxylation is 2. The molecule has 2 heterocycles. The molecule has 1 aromatic heterocycles. The van der Waals surface area contributed by atoms with Crippen molar-refractivity contribution in [3.63, 3.8) is 0 Å². The number of imidazole rings is 1. The summed E-state index contributed by atoms with van der Waals surface area (Å²) in [4.78, 5) is 21.5. The summed E-state index contributed by atoms with van der Waals surface area (Å²) in [5, 5.41) is 0.695. The standard InChI is InChI=1S/C22H23ClN4O/c1-16-6-7-18(14-17(16)2)21(28)25-10-12-26(13-11-25)22-24-8-9-27(22)20-5-3-4-19(23)15-20/h3-9,14-15H,10-13H2,1-2H3. The zero-order chi connectivity index (χ0) is 19.7. The van der Waals surface area contributed by atoms with E-state index in [0.717, 1.165) is 35.9 Å². The molecule has 0 N–H and O–H groups in total. The van der Waals surface area contributed by atoms with Crippen LogP contribution in [0.25, 0.3) is 5.69 Å². The van der Waals surface area contributed by atoms with Gasteiger partial charge in [-0.25, -0.2) is 4.98 Å². The molecular weight excluding hydrogens is 372 g/mol. The van der Waals surface area contributed by atoms with Crippen molar-refractivity contribution in [1.29, 1.82) is 0 Å². The molecule has 0 atom stereocenters. The normalized spacial score (nSPS) is 14.4. The Morgan fingerprint density at radius 1 is 1.00 bits per heavy atom. The second-order valence-electron chi connectivity index (χ2n) is 7.16. The van der Waals surface area contributed by atoms with Crippen LogP contribution in [0.4, 0.5) is 5.95 Å². The highest BCUT2D eigenvalue weighted by Gasteiger charge is 2.24. The Morgan fingerprint density at radius 3 is 2.50 bits per heavy atom. The molecule has 0 radical (unpaired) electrons. The van der Waals surface area contributed by atoms with E-state index in [1.54, 1.807) is 6.20 Å². The number of benzene rings is 2. The van der Waals surface area contributed by atoms with Gasteiger partial charge in [-0.3, -0.25) is 9.36 Å². The van der Waals surface area contributed by atoms with Gasteiger partial charge >= 0.3 is 0 Å². The molecule has 2 aromatic carbocycles. The lowest BCUT2D eigenvalue weighted by Crippen LogP contribution is -2.49. The third-order valence-electron chi connectivity index (χ3n) is 5.31. The Balaban J connectivity index is 1.47. The average molecular weight is 395 g/mol. The van der Waals surface area contributed by atoms with Gasteiger partial charge in [-0.05, 0) is 55.3 Å². The molecule has 1 amide bonds. The second-order valence-corrected chi connectivity index (χ2v) is 7.59. The summed E-state index contributed by atoms with van der Waals surface area (Å²) in [5.41, 5.74) is 4.09. The van der Waals surface area contributed by atoms with Gasteiger partial charge in [0.05, 0.1) is 0 Å². The third-order valence-corrected chi connectivity index (χ3v) is 5.55. The first-order valence-corrected chi connectivity index (χ1v) is 9.81. The highest BCUT2D eigenvalue weighted by molar-refractivity contribution is 6.30. The molecular formula is C22H23ClN4O. The van der Waals surface area contributed by atoms with Crippen molar-refractivity contribution in [2.45, 2.75) is 13.8 Å². The fourth-order valence-electron chi connectivity index (χ4n) is 3.52. The summed E-state index contributed by atoms with van der Waals surface area (Å²) < 4.78 is 2.03. The Kier molecular flexibility index (Phi) is 5.09. The maximum atomic E-state index is 12.9. The lowest BCUT2D eigenvalue weighted by Gasteiger charge is -2.35. The molecule has 1 fully saturated rings. The summed E-state index contributed by atoms with van der Waals surface area (Å²) in [6.45, 7) is 6.94. The zero-order valence-corrected chi connectivity index (χ0v) is 16.9. The number of anilines is 1. The highest BCUT2D eigenvalue weighted by Crippen LogP contribution is 2.22. The van der Waals surface area contributed by atoms with E-state index >= 15 is 0 Å². The summed E-state index contributed by atoms with van der Waals surface area (Å²) in [6.07, 6.45) is 3.73. The van der Waals surface area contributed by atoms with Crippen LogP contribution in [0.15, 0.2) is 54.9 Å². The number of aromatic nitrogens is 2. The van der Waals surface area contributed by atoms with E-state index in [-0.39, 0.29) is 5.91 Å². The number of piperazine rings is 1. The van der Waals surface area contributed by atoms with Crippen LogP contribution < -0.4 is 4.90 Å². The Bertz CT molecular complexity index is 1010. The molecule has 0 saturated carbocycles. The van der Waals surface area contributed by atoms with Crippen LogP contribution in [0.2, 0.25) is 5.02 Å². The SMILES string of the molecule is Cc1ccc(C(=O)N2CCN(c3nccn3-c3cccc(Cl)c3)CC2)cc1C. The van der Waals surface area contributed by atoms with Gasteiger partial charge < -0.3 is 9.80 Å². The number of amides is 1. The van der Waals surface area contributed by atoms with E-state index in [9.17, 15) is 4.79 Å². The number of rotatable bonds is 3. The number of hydrogen-bond acceptors (Lipinski definition) is 3. The van der Waals surface area contributed by atoms with Gasteiger partial charge in [-0.1, -0.05) is 23.7 Å². The predicted molar refractivity (Wildman–Crippen MR) is 113 cm³/mol. The summed E-state index contributed by atoms with van der Waals surface area (Å²) in [6, 6.07) is 13.6. The number of nitrogens with zero attached hydrogens (tertiary/aromatic N) is 4. The van der Waals surface area contributed by atoms with Gasteiger partial charge in [-0.15, -0.1) is 0 Å². The topological polar surface area (TPSA) is 41.4 Å². The molecule has 1 aliphatic heterocycles. The molecule has 144 valence electrons. The molecule has 1 aliphatic rings. The van der Waals surface area contributed by atoms with E-state index in [2.05, 4.69) is 16.8 Å². The monoisotopic (exact) mass is 394 g/mol. The van der Waals surface area contributed by atoms with Crippen LogP contribution in [0.3, 0.4) is 0 Å². The van der Waals surface area contributed by atoms with Crippen molar-refractivity contribution in [3.05, 3.63) is 76.6 Å². The van der Waals surface area contributed by atoms with Gasteiger partial charge in [0.2, 0.25) is 5.95 Å². The van der Waals surface area contributed by atoms with Crippen LogP contribution in [0, 0.1) is 13.8 Å². The first-order valence-electron chi connectivity index (χ1n) is 9.44. The largest absolute Gasteiger partial charge is 0.338 e. The Hall–Kier alpha value is -2.79. The molecule has 4 rings (SSSR count). The smallest absolute Gasteiger partial charge is 0.253 e. The molecule has 0 aliphatic carbocycles. The predicted octanol–water partition coefficient (Wildman–Crippen LogP) is 4.10. The molecule has 0 spiro atoms. The molecule has 28 heavy (non-hydrogen) atoms. The maximum absolute atomic E-state index is 12.9. The second kappa shape index (κ2) is 7.68. The van der Waals surface area contributed by atoms with E-state index in [0.29, 0.717) is 18.1 Å². The molecule has 3 aromatic rings. The molecule has 1 saturated heterocycles. The molecule has 0 bridgehead atoms. The van der Waals surface area contributed by atoms with Crippen molar-refractivity contribution in [3.8, 4) is 5.69 Å². The van der Waals surface area contributed by atoms with Gasteiger partial charge in [0.25, 0.3) is 5.91 Å². The number of halogens is 1. The zero-order valence-electron chi connectivity index (χ0n) is 16.1. The van der Waals surface area contributed by atoms with Gasteiger partial charge in [0.1, 0.15) is 0 Å². The third kappa shape index (κ3) is 3.62. The summed E-state index contributed by atoms with van der Waals surface area (Å²) in [7, 11) is 0. The van der Waals surface area contributed by atoms with E-state index in [4.69, 9.17) is 11.6 Å². The quantitative estimate of drug-likeness (QED) is 0.671. The van der Waals surface area contributed by atoms with Gasteiger partial charge in [0.15, 0.2) is 0 Å². The van der Waals surface area contributed by atoms with Crippen molar-refractivity contribution in [1.82, 2.24) is 14.5 Å². The van der Waals surface area contributed by atoms with Crippen LogP contribution in [-0.2, 0) is 0 Å². The Morgan fingerprint density at radius 2 is 1.79 bits per heavy atom. The summed E-state index contributed by atoms with van der Waals surface area (Å²) >= 11 is 6.14.